The monoisotopic (exact) mass is 226 g/mol. The van der Waals surface area contributed by atoms with Crippen LogP contribution in [0, 0.1) is 0 Å². The van der Waals surface area contributed by atoms with E-state index in [2.05, 4.69) is 10.2 Å². The Labute approximate surface area is 95.4 Å². The second-order valence-corrected chi connectivity index (χ2v) is 4.33. The number of hydrogen-bond donors (Lipinski definition) is 1. The van der Waals surface area contributed by atoms with E-state index in [-0.39, 0.29) is 12.2 Å². The highest BCUT2D eigenvalue weighted by Crippen LogP contribution is 2.07. The minimum Gasteiger partial charge on any atom is -0.474 e. The average molecular weight is 226 g/mol. The lowest BCUT2D eigenvalue weighted by Gasteiger charge is -2.19. The topological polar surface area (TPSA) is 64.5 Å². The van der Waals surface area contributed by atoms with E-state index in [1.165, 1.54) is 0 Å². The van der Waals surface area contributed by atoms with Crippen molar-refractivity contribution in [3.8, 4) is 5.88 Å². The number of hydrogen-bond acceptors (Lipinski definition) is 5. The molecule has 1 aromatic rings. The first-order valence-electron chi connectivity index (χ1n) is 5.21. The predicted molar refractivity (Wildman–Crippen MR) is 59.2 cm³/mol. The molecule has 0 spiro atoms. The Morgan fingerprint density at radius 3 is 2.44 bits per heavy atom. The van der Waals surface area contributed by atoms with Crippen LogP contribution in [0.25, 0.3) is 0 Å². The van der Waals surface area contributed by atoms with Crippen molar-refractivity contribution in [2.45, 2.75) is 33.0 Å². The number of aliphatic hydroxyl groups is 1. The minimum atomic E-state index is -0.157. The van der Waals surface area contributed by atoms with Crippen molar-refractivity contribution >= 4 is 0 Å². The number of rotatable bonds is 5. The number of ether oxygens (including phenoxy) is 2. The molecule has 0 bridgehead atoms. The standard InChI is InChI=1S/C11H18N2O3/c1-11(2,3)16-7-6-15-10-5-4-9(8-14)12-13-10/h4-5,14H,6-8H2,1-3H3. The lowest BCUT2D eigenvalue weighted by molar-refractivity contribution is -0.0169. The Balaban J connectivity index is 2.27. The second kappa shape index (κ2) is 5.77. The van der Waals surface area contributed by atoms with Gasteiger partial charge < -0.3 is 14.6 Å². The zero-order chi connectivity index (χ0) is 12.0. The predicted octanol–water partition coefficient (Wildman–Crippen LogP) is 1.16. The van der Waals surface area contributed by atoms with Crippen molar-refractivity contribution in [1.82, 2.24) is 10.2 Å². The molecule has 90 valence electrons. The highest BCUT2D eigenvalue weighted by Gasteiger charge is 2.09. The summed E-state index contributed by atoms with van der Waals surface area (Å²) >= 11 is 0. The summed E-state index contributed by atoms with van der Waals surface area (Å²) < 4.78 is 10.8. The fourth-order valence-corrected chi connectivity index (χ4v) is 1.00. The van der Waals surface area contributed by atoms with E-state index in [0.29, 0.717) is 24.8 Å². The third-order valence-electron chi connectivity index (χ3n) is 1.73. The zero-order valence-corrected chi connectivity index (χ0v) is 9.93. The largest absolute Gasteiger partial charge is 0.474 e. The lowest BCUT2D eigenvalue weighted by atomic mass is 10.2. The van der Waals surface area contributed by atoms with Crippen LogP contribution < -0.4 is 4.74 Å². The summed E-state index contributed by atoms with van der Waals surface area (Å²) in [6, 6.07) is 3.35. The van der Waals surface area contributed by atoms with Crippen molar-refractivity contribution < 1.29 is 14.6 Å². The molecule has 0 aliphatic carbocycles. The van der Waals surface area contributed by atoms with Crippen LogP contribution in [0.4, 0.5) is 0 Å². The smallest absolute Gasteiger partial charge is 0.233 e. The van der Waals surface area contributed by atoms with E-state index < -0.39 is 0 Å². The maximum absolute atomic E-state index is 8.77. The summed E-state index contributed by atoms with van der Waals surface area (Å²) in [4.78, 5) is 0. The van der Waals surface area contributed by atoms with E-state index in [9.17, 15) is 0 Å². The van der Waals surface area contributed by atoms with Gasteiger partial charge in [-0.05, 0) is 26.8 Å². The van der Waals surface area contributed by atoms with Gasteiger partial charge in [-0.1, -0.05) is 0 Å². The fraction of sp³-hybridized carbons (Fsp3) is 0.636. The number of aliphatic hydroxyl groups excluding tert-OH is 1. The molecule has 0 radical (unpaired) electrons. The molecule has 0 atom stereocenters. The molecular weight excluding hydrogens is 208 g/mol. The van der Waals surface area contributed by atoms with Gasteiger partial charge in [-0.3, -0.25) is 0 Å². The van der Waals surface area contributed by atoms with Crippen LogP contribution in [-0.4, -0.2) is 34.1 Å². The van der Waals surface area contributed by atoms with Crippen LogP contribution in [0.3, 0.4) is 0 Å². The number of aromatic nitrogens is 2. The molecule has 16 heavy (non-hydrogen) atoms. The van der Waals surface area contributed by atoms with E-state index >= 15 is 0 Å². The molecule has 0 amide bonds. The lowest BCUT2D eigenvalue weighted by Crippen LogP contribution is -2.22. The molecule has 0 aromatic carbocycles. The van der Waals surface area contributed by atoms with Gasteiger partial charge in [0.2, 0.25) is 5.88 Å². The molecule has 1 heterocycles. The highest BCUT2D eigenvalue weighted by atomic mass is 16.5. The van der Waals surface area contributed by atoms with Gasteiger partial charge in [0.05, 0.1) is 24.5 Å². The first-order valence-corrected chi connectivity index (χ1v) is 5.21. The second-order valence-electron chi connectivity index (χ2n) is 4.33. The van der Waals surface area contributed by atoms with Crippen molar-refractivity contribution in [3.63, 3.8) is 0 Å². The molecule has 0 saturated heterocycles. The molecule has 0 fully saturated rings. The molecular formula is C11H18N2O3. The summed E-state index contributed by atoms with van der Waals surface area (Å²) in [5, 5.41) is 16.3. The van der Waals surface area contributed by atoms with Crippen LogP contribution in [0.1, 0.15) is 26.5 Å². The van der Waals surface area contributed by atoms with Gasteiger partial charge in [0.15, 0.2) is 0 Å². The fourth-order valence-electron chi connectivity index (χ4n) is 1.00. The van der Waals surface area contributed by atoms with Crippen molar-refractivity contribution in [2.75, 3.05) is 13.2 Å². The third-order valence-corrected chi connectivity index (χ3v) is 1.73. The van der Waals surface area contributed by atoms with Crippen LogP contribution in [0.2, 0.25) is 0 Å². The van der Waals surface area contributed by atoms with Crippen molar-refractivity contribution in [1.29, 1.82) is 0 Å². The van der Waals surface area contributed by atoms with Crippen LogP contribution >= 0.6 is 0 Å². The maximum Gasteiger partial charge on any atom is 0.233 e. The summed E-state index contributed by atoms with van der Waals surface area (Å²) in [5.41, 5.74) is 0.369. The molecule has 5 nitrogen and oxygen atoms in total. The SMILES string of the molecule is CC(C)(C)OCCOc1ccc(CO)nn1. The summed E-state index contributed by atoms with van der Waals surface area (Å²) in [7, 11) is 0. The van der Waals surface area contributed by atoms with E-state index in [1.807, 2.05) is 20.8 Å². The quantitative estimate of drug-likeness (QED) is 0.763. The van der Waals surface area contributed by atoms with Crippen LogP contribution in [0.15, 0.2) is 12.1 Å². The van der Waals surface area contributed by atoms with E-state index in [0.717, 1.165) is 0 Å². The first-order chi connectivity index (χ1) is 7.51. The Morgan fingerprint density at radius 1 is 1.19 bits per heavy atom. The average Bonchev–Trinajstić information content (AvgIpc) is 2.24. The normalized spacial score (nSPS) is 11.5. The molecule has 0 aliphatic heterocycles. The Kier molecular flexibility index (Phi) is 4.64. The van der Waals surface area contributed by atoms with Crippen molar-refractivity contribution in [3.05, 3.63) is 17.8 Å². The summed E-state index contributed by atoms with van der Waals surface area (Å²) in [6.07, 6.45) is 0. The van der Waals surface area contributed by atoms with Gasteiger partial charge >= 0.3 is 0 Å². The van der Waals surface area contributed by atoms with Crippen molar-refractivity contribution in [2.24, 2.45) is 0 Å². The Morgan fingerprint density at radius 2 is 1.94 bits per heavy atom. The molecule has 5 heteroatoms. The molecule has 1 N–H and O–H groups in total. The van der Waals surface area contributed by atoms with Gasteiger partial charge in [-0.2, -0.15) is 0 Å². The molecule has 0 unspecified atom stereocenters. The van der Waals surface area contributed by atoms with E-state index in [4.69, 9.17) is 14.6 Å². The summed E-state index contributed by atoms with van der Waals surface area (Å²) in [5.74, 6) is 0.440. The van der Waals surface area contributed by atoms with Gasteiger partial charge in [0, 0.05) is 6.07 Å². The maximum atomic E-state index is 8.77. The third kappa shape index (κ3) is 5.04. The van der Waals surface area contributed by atoms with Crippen LogP contribution in [0.5, 0.6) is 5.88 Å². The molecule has 1 aromatic heterocycles. The number of nitrogens with zero attached hydrogens (tertiary/aromatic N) is 2. The minimum absolute atomic E-state index is 0.111. The van der Waals surface area contributed by atoms with Gasteiger partial charge in [0.25, 0.3) is 0 Å². The molecule has 1 rings (SSSR count). The highest BCUT2D eigenvalue weighted by molar-refractivity contribution is 5.10. The Hall–Kier alpha value is -1.20. The molecule has 0 saturated carbocycles. The van der Waals surface area contributed by atoms with Gasteiger partial charge in [0.1, 0.15) is 6.61 Å². The molecule has 0 aliphatic rings. The van der Waals surface area contributed by atoms with E-state index in [1.54, 1.807) is 12.1 Å². The first kappa shape index (κ1) is 12.9. The van der Waals surface area contributed by atoms with Gasteiger partial charge in [-0.15, -0.1) is 10.2 Å². The van der Waals surface area contributed by atoms with Crippen LogP contribution in [-0.2, 0) is 11.3 Å². The Bertz CT molecular complexity index is 306. The zero-order valence-electron chi connectivity index (χ0n) is 9.93. The van der Waals surface area contributed by atoms with Gasteiger partial charge in [-0.25, -0.2) is 0 Å². The summed E-state index contributed by atoms with van der Waals surface area (Å²) in [6.45, 7) is 6.80.